The number of para-hydroxylation sites is 2. The zero-order chi connectivity index (χ0) is 57.2. The standard InChI is InChI=1S/C77H68N6/c1-75(2,3)56-37-44-60(45-38-56)81(59-41-35-54(36-42-59)72-78-73(66-31-21-27-52-23-15-16-28-63(52)66)80-74(79-72)83-67-32-19-17-29-64(67)65-30-18-20-33-68(65)83)69-49-58(77(7,8)9)50-70(71(69)53-24-11-10-12-25-53)82(61-46-39-57(40-47-61)76(4,5)6)62-43-34-51-22-13-14-26-55(51)48-62/h10-50H,1-9H3. The maximum Gasteiger partial charge on any atom is 0.238 e. The van der Waals surface area contributed by atoms with Gasteiger partial charge in [0, 0.05) is 50.2 Å². The molecule has 2 heterocycles. The van der Waals surface area contributed by atoms with E-state index in [4.69, 9.17) is 15.0 Å². The van der Waals surface area contributed by atoms with E-state index in [1.807, 2.05) is 0 Å². The van der Waals surface area contributed by atoms with E-state index in [1.54, 1.807) is 0 Å². The molecule has 0 aliphatic carbocycles. The molecule has 0 amide bonds. The number of benzene rings is 11. The van der Waals surface area contributed by atoms with Gasteiger partial charge >= 0.3 is 0 Å². The largest absolute Gasteiger partial charge is 0.310 e. The van der Waals surface area contributed by atoms with Gasteiger partial charge in [0.15, 0.2) is 11.6 Å². The molecule has 0 fully saturated rings. The Morgan fingerprint density at radius 2 is 0.759 bits per heavy atom. The summed E-state index contributed by atoms with van der Waals surface area (Å²) in [6.07, 6.45) is 0. The third-order valence-corrected chi connectivity index (χ3v) is 16.3. The van der Waals surface area contributed by atoms with Crippen molar-refractivity contribution >= 4 is 77.5 Å². The van der Waals surface area contributed by atoms with E-state index in [-0.39, 0.29) is 16.2 Å². The van der Waals surface area contributed by atoms with Gasteiger partial charge in [-0.15, -0.1) is 0 Å². The third kappa shape index (κ3) is 9.99. The Labute approximate surface area is 488 Å². The summed E-state index contributed by atoms with van der Waals surface area (Å²) in [7, 11) is 0. The summed E-state index contributed by atoms with van der Waals surface area (Å²) in [6.45, 7) is 20.6. The second-order valence-electron chi connectivity index (χ2n) is 25.0. The predicted octanol–water partition coefficient (Wildman–Crippen LogP) is 21.1. The highest BCUT2D eigenvalue weighted by molar-refractivity contribution is 6.09. The lowest BCUT2D eigenvalue weighted by Gasteiger charge is -2.36. The number of aromatic nitrogens is 4. The summed E-state index contributed by atoms with van der Waals surface area (Å²) in [5, 5.41) is 6.87. The van der Waals surface area contributed by atoms with Crippen molar-refractivity contribution in [1.29, 1.82) is 0 Å². The number of hydrogen-bond donors (Lipinski definition) is 0. The molecular formula is C77H68N6. The molecule has 2 aromatic heterocycles. The van der Waals surface area contributed by atoms with Crippen LogP contribution in [0.25, 0.3) is 83.2 Å². The van der Waals surface area contributed by atoms with Crippen LogP contribution in [0.2, 0.25) is 0 Å². The Morgan fingerprint density at radius 1 is 0.313 bits per heavy atom. The van der Waals surface area contributed by atoms with Gasteiger partial charge in [0.25, 0.3) is 0 Å². The minimum Gasteiger partial charge on any atom is -0.310 e. The van der Waals surface area contributed by atoms with E-state index in [2.05, 4.69) is 325 Å². The smallest absolute Gasteiger partial charge is 0.238 e. The van der Waals surface area contributed by atoms with Crippen molar-refractivity contribution in [3.8, 4) is 39.9 Å². The zero-order valence-corrected chi connectivity index (χ0v) is 48.9. The van der Waals surface area contributed by atoms with Crippen LogP contribution in [0.15, 0.2) is 249 Å². The molecule has 0 aliphatic heterocycles. The number of rotatable bonds is 10. The SMILES string of the molecule is CC(C)(C)c1ccc(N(c2ccc(-c3nc(-c4cccc5ccccc45)nc(-n4c5ccccc5c5ccccc54)n3)cc2)c2cc(C(C)(C)C)cc(N(c3ccc(C(C)(C)C)cc3)c3ccc4ccccc4c3)c2-c2ccccc2)cc1. The molecule has 13 aromatic rings. The normalized spacial score (nSPS) is 12.2. The van der Waals surface area contributed by atoms with Crippen LogP contribution in [0.4, 0.5) is 34.1 Å². The van der Waals surface area contributed by atoms with Crippen molar-refractivity contribution in [3.63, 3.8) is 0 Å². The van der Waals surface area contributed by atoms with Crippen LogP contribution < -0.4 is 9.80 Å². The molecule has 0 radical (unpaired) electrons. The summed E-state index contributed by atoms with van der Waals surface area (Å²) >= 11 is 0. The Balaban J connectivity index is 1.06. The van der Waals surface area contributed by atoms with Gasteiger partial charge in [-0.1, -0.05) is 226 Å². The number of hydrogen-bond acceptors (Lipinski definition) is 5. The van der Waals surface area contributed by atoms with Gasteiger partial charge in [0.1, 0.15) is 0 Å². The minimum absolute atomic E-state index is 0.0172. The van der Waals surface area contributed by atoms with Crippen LogP contribution in [0.5, 0.6) is 0 Å². The Morgan fingerprint density at radius 3 is 1.33 bits per heavy atom. The van der Waals surface area contributed by atoms with Crippen molar-refractivity contribution in [2.45, 2.75) is 78.6 Å². The van der Waals surface area contributed by atoms with E-state index in [0.717, 1.165) is 89.0 Å². The lowest BCUT2D eigenvalue weighted by atomic mass is 9.83. The molecule has 0 saturated carbocycles. The maximum absolute atomic E-state index is 5.42. The molecular weight excluding hydrogens is 1010 g/mol. The fraction of sp³-hybridized carbons (Fsp3) is 0.156. The van der Waals surface area contributed by atoms with E-state index < -0.39 is 0 Å². The molecule has 0 spiro atoms. The van der Waals surface area contributed by atoms with Crippen LogP contribution >= 0.6 is 0 Å². The van der Waals surface area contributed by atoms with E-state index in [0.29, 0.717) is 17.6 Å². The summed E-state index contributed by atoms with van der Waals surface area (Å²) < 4.78 is 2.19. The first-order valence-corrected chi connectivity index (χ1v) is 28.9. The van der Waals surface area contributed by atoms with Gasteiger partial charge in [-0.05, 0) is 145 Å². The lowest BCUT2D eigenvalue weighted by molar-refractivity contribution is 0.589. The Hall–Kier alpha value is -9.65. The topological polar surface area (TPSA) is 50.1 Å². The minimum atomic E-state index is -0.246. The Bertz CT molecular complexity index is 4480. The van der Waals surface area contributed by atoms with Gasteiger partial charge in [0.2, 0.25) is 5.95 Å². The van der Waals surface area contributed by atoms with Crippen molar-refractivity contribution in [3.05, 3.63) is 265 Å². The van der Waals surface area contributed by atoms with Crippen LogP contribution in [0, 0.1) is 0 Å². The lowest BCUT2D eigenvalue weighted by Crippen LogP contribution is -2.20. The van der Waals surface area contributed by atoms with E-state index in [1.165, 1.54) is 27.5 Å². The molecule has 0 N–H and O–H groups in total. The molecule has 6 nitrogen and oxygen atoms in total. The van der Waals surface area contributed by atoms with Crippen LogP contribution in [0.3, 0.4) is 0 Å². The molecule has 0 bridgehead atoms. The molecule has 0 atom stereocenters. The molecule has 0 unspecified atom stereocenters. The molecule has 0 saturated heterocycles. The highest BCUT2D eigenvalue weighted by Gasteiger charge is 2.30. The van der Waals surface area contributed by atoms with Gasteiger partial charge in [0.05, 0.1) is 22.4 Å². The second kappa shape index (κ2) is 20.7. The van der Waals surface area contributed by atoms with Crippen molar-refractivity contribution in [2.75, 3.05) is 9.80 Å². The monoisotopic (exact) mass is 1080 g/mol. The molecule has 406 valence electrons. The maximum atomic E-state index is 5.42. The first-order valence-electron chi connectivity index (χ1n) is 28.9. The first-order chi connectivity index (χ1) is 40.0. The third-order valence-electron chi connectivity index (χ3n) is 16.3. The van der Waals surface area contributed by atoms with Crippen LogP contribution in [0.1, 0.15) is 79.0 Å². The van der Waals surface area contributed by atoms with Crippen LogP contribution in [-0.2, 0) is 16.2 Å². The van der Waals surface area contributed by atoms with E-state index in [9.17, 15) is 0 Å². The highest BCUT2D eigenvalue weighted by atomic mass is 15.2. The Kier molecular flexibility index (Phi) is 13.2. The van der Waals surface area contributed by atoms with Crippen molar-refractivity contribution in [1.82, 2.24) is 19.5 Å². The van der Waals surface area contributed by atoms with E-state index >= 15 is 0 Å². The fourth-order valence-electron chi connectivity index (χ4n) is 11.7. The average molecular weight is 1080 g/mol. The number of nitrogens with zero attached hydrogens (tertiary/aromatic N) is 6. The molecule has 6 heteroatoms. The second-order valence-corrected chi connectivity index (χ2v) is 25.0. The van der Waals surface area contributed by atoms with Gasteiger partial charge in [-0.2, -0.15) is 9.97 Å². The van der Waals surface area contributed by atoms with Gasteiger partial charge in [-0.3, -0.25) is 4.57 Å². The van der Waals surface area contributed by atoms with Crippen LogP contribution in [-0.4, -0.2) is 19.5 Å². The van der Waals surface area contributed by atoms with Gasteiger partial charge < -0.3 is 9.80 Å². The first kappa shape index (κ1) is 52.7. The zero-order valence-electron chi connectivity index (χ0n) is 48.9. The summed E-state index contributed by atoms with van der Waals surface area (Å²) in [6, 6.07) is 90.4. The van der Waals surface area contributed by atoms with Gasteiger partial charge in [-0.25, -0.2) is 4.98 Å². The summed E-state index contributed by atoms with van der Waals surface area (Å²) in [5.74, 6) is 1.75. The number of fused-ring (bicyclic) bond motifs is 5. The molecule has 83 heavy (non-hydrogen) atoms. The number of anilines is 6. The summed E-state index contributed by atoms with van der Waals surface area (Å²) in [4.78, 5) is 21.1. The van der Waals surface area contributed by atoms with Crippen molar-refractivity contribution < 1.29 is 0 Å². The highest BCUT2D eigenvalue weighted by Crippen LogP contribution is 2.52. The average Bonchev–Trinajstić information content (AvgIpc) is 2.58. The quantitative estimate of drug-likeness (QED) is 0.137. The summed E-state index contributed by atoms with van der Waals surface area (Å²) in [5.41, 5.74) is 15.8. The van der Waals surface area contributed by atoms with Crippen molar-refractivity contribution in [2.24, 2.45) is 0 Å². The molecule has 13 rings (SSSR count). The molecule has 0 aliphatic rings. The molecule has 11 aromatic carbocycles. The fourth-order valence-corrected chi connectivity index (χ4v) is 11.7. The predicted molar refractivity (Wildman–Crippen MR) is 351 cm³/mol.